The van der Waals surface area contributed by atoms with Gasteiger partial charge in [0.25, 0.3) is 11.8 Å². The third-order valence-electron chi connectivity index (χ3n) is 6.20. The first-order valence-corrected chi connectivity index (χ1v) is 12.6. The molecular weight excluding hydrogens is 492 g/mol. The second kappa shape index (κ2) is 11.7. The molecule has 34 heavy (non-hydrogen) atoms. The molecule has 1 unspecified atom stereocenters. The van der Waals surface area contributed by atoms with Gasteiger partial charge in [-0.1, -0.05) is 61.9 Å². The Morgan fingerprint density at radius 3 is 2.35 bits per heavy atom. The van der Waals surface area contributed by atoms with E-state index in [9.17, 15) is 9.59 Å². The van der Waals surface area contributed by atoms with E-state index in [1.54, 1.807) is 0 Å². The Balaban J connectivity index is 2.04. The predicted octanol–water partition coefficient (Wildman–Crippen LogP) is 4.40. The fourth-order valence-corrected chi connectivity index (χ4v) is 4.74. The van der Waals surface area contributed by atoms with Gasteiger partial charge in [-0.15, -0.1) is 0 Å². The molecule has 0 aromatic heterocycles. The van der Waals surface area contributed by atoms with Gasteiger partial charge in [-0.05, 0) is 66.4 Å². The summed E-state index contributed by atoms with van der Waals surface area (Å²) in [6.07, 6.45) is 0.291. The summed E-state index contributed by atoms with van der Waals surface area (Å²) in [5, 5.41) is 3.53. The number of halogens is 1. The summed E-state index contributed by atoms with van der Waals surface area (Å²) in [4.78, 5) is 31.0. The number of amides is 2. The van der Waals surface area contributed by atoms with Crippen LogP contribution in [-0.4, -0.2) is 46.9 Å². The highest BCUT2D eigenvalue weighted by Crippen LogP contribution is 2.29. The fourth-order valence-electron chi connectivity index (χ4n) is 4.40. The van der Waals surface area contributed by atoms with E-state index in [4.69, 9.17) is 5.73 Å². The third-order valence-corrected chi connectivity index (χ3v) is 7.14. The zero-order valence-electron chi connectivity index (χ0n) is 20.4. The number of carbonyl (C=O) groups excluding carboxylic acids is 2. The first kappa shape index (κ1) is 26.0. The Bertz CT molecular complexity index is 1020. The van der Waals surface area contributed by atoms with Crippen LogP contribution in [0.25, 0.3) is 0 Å². The quantitative estimate of drug-likeness (QED) is 0.507. The van der Waals surface area contributed by atoms with E-state index in [0.717, 1.165) is 16.8 Å². The zero-order valence-corrected chi connectivity index (χ0v) is 22.0. The van der Waals surface area contributed by atoms with Crippen LogP contribution in [0.5, 0.6) is 0 Å². The third kappa shape index (κ3) is 5.88. The lowest BCUT2D eigenvalue weighted by Gasteiger charge is -2.47. The first-order valence-electron chi connectivity index (χ1n) is 11.8. The van der Waals surface area contributed by atoms with E-state index >= 15 is 0 Å². The highest BCUT2D eigenvalue weighted by Gasteiger charge is 2.42. The summed E-state index contributed by atoms with van der Waals surface area (Å²) in [7, 11) is 0. The second-order valence-electron chi connectivity index (χ2n) is 9.19. The molecule has 1 aliphatic rings. The molecule has 2 atom stereocenters. The molecule has 1 heterocycles. The van der Waals surface area contributed by atoms with Crippen molar-refractivity contribution in [2.45, 2.75) is 52.9 Å². The van der Waals surface area contributed by atoms with Crippen molar-refractivity contribution < 1.29 is 9.59 Å². The van der Waals surface area contributed by atoms with Gasteiger partial charge in [0.1, 0.15) is 10.6 Å². The summed E-state index contributed by atoms with van der Waals surface area (Å²) >= 11 is 3.47. The van der Waals surface area contributed by atoms with E-state index in [1.807, 2.05) is 78.2 Å². The first-order chi connectivity index (χ1) is 16.2. The average Bonchev–Trinajstić information content (AvgIpc) is 2.82. The van der Waals surface area contributed by atoms with Crippen molar-refractivity contribution >= 4 is 27.7 Å². The van der Waals surface area contributed by atoms with Crippen LogP contribution in [-0.2, 0) is 11.3 Å². The van der Waals surface area contributed by atoms with Gasteiger partial charge in [0.05, 0.1) is 6.04 Å². The lowest BCUT2D eigenvalue weighted by Crippen LogP contribution is -2.64. The highest BCUT2D eigenvalue weighted by molar-refractivity contribution is 9.12. The average molecular weight is 528 g/mol. The molecule has 0 bridgehead atoms. The molecule has 1 aliphatic heterocycles. The normalized spacial score (nSPS) is 17.1. The van der Waals surface area contributed by atoms with Crippen molar-refractivity contribution in [1.29, 1.82) is 0 Å². The van der Waals surface area contributed by atoms with Gasteiger partial charge >= 0.3 is 0 Å². The molecule has 7 heteroatoms. The topological polar surface area (TPSA) is 78.7 Å². The van der Waals surface area contributed by atoms with Gasteiger partial charge in [0.15, 0.2) is 0 Å². The summed E-state index contributed by atoms with van der Waals surface area (Å²) in [5.41, 5.74) is 9.39. The molecule has 0 radical (unpaired) electrons. The molecule has 6 nitrogen and oxygen atoms in total. The molecule has 0 aliphatic carbocycles. The standard InChI is InChI=1S/C27H35BrN4O2/c1-18(2)24(31(16-8-15-29)26(33)22-13-11-19(3)12-14-22)25-30-20(4)23(28)27(34)32(25)17-21-9-6-5-7-10-21/h5-7,9-14,18,24-25,30H,8,15-17,29H2,1-4H3/t24?,25-/m1/s1. The lowest BCUT2D eigenvalue weighted by molar-refractivity contribution is -0.133. The summed E-state index contributed by atoms with van der Waals surface area (Å²) in [6.45, 7) is 9.52. The van der Waals surface area contributed by atoms with Gasteiger partial charge in [-0.2, -0.15) is 0 Å². The Morgan fingerprint density at radius 1 is 1.12 bits per heavy atom. The largest absolute Gasteiger partial charge is 0.366 e. The van der Waals surface area contributed by atoms with Gasteiger partial charge in [-0.25, -0.2) is 0 Å². The Kier molecular flexibility index (Phi) is 8.91. The molecule has 182 valence electrons. The number of rotatable bonds is 9. The Hall–Kier alpha value is -2.64. The molecule has 2 aromatic rings. The van der Waals surface area contributed by atoms with E-state index in [1.165, 1.54) is 0 Å². The second-order valence-corrected chi connectivity index (χ2v) is 9.98. The van der Waals surface area contributed by atoms with Crippen molar-refractivity contribution in [2.24, 2.45) is 11.7 Å². The number of nitrogens with two attached hydrogens (primary N) is 1. The van der Waals surface area contributed by atoms with Crippen molar-refractivity contribution in [3.63, 3.8) is 0 Å². The van der Waals surface area contributed by atoms with Crippen molar-refractivity contribution in [3.8, 4) is 0 Å². The van der Waals surface area contributed by atoms with Crippen molar-refractivity contribution in [2.75, 3.05) is 13.1 Å². The number of benzene rings is 2. The maximum Gasteiger partial charge on any atom is 0.264 e. The van der Waals surface area contributed by atoms with Gasteiger partial charge in [-0.3, -0.25) is 9.59 Å². The zero-order chi connectivity index (χ0) is 24.8. The number of allylic oxidation sites excluding steroid dienone is 1. The van der Waals surface area contributed by atoms with E-state index < -0.39 is 0 Å². The number of nitrogens with one attached hydrogen (secondary N) is 1. The van der Waals surface area contributed by atoms with Gasteiger partial charge in [0.2, 0.25) is 0 Å². The molecule has 0 fully saturated rings. The minimum Gasteiger partial charge on any atom is -0.366 e. The number of hydrogen-bond acceptors (Lipinski definition) is 4. The molecule has 3 rings (SSSR count). The number of aryl methyl sites for hydroxylation is 1. The highest BCUT2D eigenvalue weighted by atomic mass is 79.9. The SMILES string of the molecule is CC1=C(Br)C(=O)N(Cc2ccccc2)[C@H](C(C(C)C)N(CCCN)C(=O)c2ccc(C)cc2)N1. The Labute approximate surface area is 211 Å². The maximum atomic E-state index is 13.8. The number of carbonyl (C=O) groups is 2. The van der Waals surface area contributed by atoms with Crippen LogP contribution in [0.3, 0.4) is 0 Å². The molecule has 2 aromatic carbocycles. The number of hydrogen-bond donors (Lipinski definition) is 2. The maximum absolute atomic E-state index is 13.8. The molecule has 0 saturated carbocycles. The van der Waals surface area contributed by atoms with Crippen LogP contribution in [0.2, 0.25) is 0 Å². The summed E-state index contributed by atoms with van der Waals surface area (Å²) in [5.74, 6) is -0.0509. The van der Waals surface area contributed by atoms with Crippen molar-refractivity contribution in [1.82, 2.24) is 15.1 Å². The van der Waals surface area contributed by atoms with E-state index in [0.29, 0.717) is 36.1 Å². The monoisotopic (exact) mass is 526 g/mol. The van der Waals surface area contributed by atoms with Crippen LogP contribution in [0.15, 0.2) is 64.8 Å². The van der Waals surface area contributed by atoms with E-state index in [2.05, 4.69) is 35.1 Å². The molecular formula is C27H35BrN4O2. The minimum atomic E-state index is -0.388. The van der Waals surface area contributed by atoms with Crippen LogP contribution in [0.4, 0.5) is 0 Å². The van der Waals surface area contributed by atoms with E-state index in [-0.39, 0.29) is 29.9 Å². The fraction of sp³-hybridized carbons (Fsp3) is 0.407. The van der Waals surface area contributed by atoms with Crippen LogP contribution in [0, 0.1) is 12.8 Å². The van der Waals surface area contributed by atoms with Gasteiger partial charge < -0.3 is 20.9 Å². The molecule has 0 saturated heterocycles. The molecule has 3 N–H and O–H groups in total. The molecule has 2 amide bonds. The van der Waals surface area contributed by atoms with Crippen LogP contribution >= 0.6 is 15.9 Å². The van der Waals surface area contributed by atoms with Crippen LogP contribution < -0.4 is 11.1 Å². The predicted molar refractivity (Wildman–Crippen MR) is 140 cm³/mol. The smallest absolute Gasteiger partial charge is 0.264 e. The van der Waals surface area contributed by atoms with Crippen molar-refractivity contribution in [3.05, 3.63) is 81.5 Å². The summed E-state index contributed by atoms with van der Waals surface area (Å²) in [6, 6.07) is 17.3. The lowest BCUT2D eigenvalue weighted by atomic mass is 9.94. The van der Waals surface area contributed by atoms with Gasteiger partial charge in [0, 0.05) is 24.4 Å². The Morgan fingerprint density at radius 2 is 1.76 bits per heavy atom. The number of nitrogens with zero attached hydrogens (tertiary/aromatic N) is 2. The molecule has 0 spiro atoms. The minimum absolute atomic E-state index is 0.0488. The summed E-state index contributed by atoms with van der Waals surface area (Å²) < 4.78 is 0.514. The van der Waals surface area contributed by atoms with Crippen LogP contribution in [0.1, 0.15) is 48.7 Å².